The van der Waals surface area contributed by atoms with Crippen molar-refractivity contribution < 1.29 is 14.6 Å². The lowest BCUT2D eigenvalue weighted by molar-refractivity contribution is 0.105. The average Bonchev–Trinajstić information content (AvgIpc) is 3.38. The Bertz CT molecular complexity index is 1000. The number of fused-ring (bicyclic) bond motifs is 3. The van der Waals surface area contributed by atoms with E-state index in [4.69, 9.17) is 4.74 Å². The molecule has 1 amide bonds. The van der Waals surface area contributed by atoms with Gasteiger partial charge in [-0.3, -0.25) is 0 Å². The summed E-state index contributed by atoms with van der Waals surface area (Å²) in [4.78, 5) is 14.6. The minimum atomic E-state index is -0.297. The number of hydrogen-bond donors (Lipinski definition) is 1. The summed E-state index contributed by atoms with van der Waals surface area (Å²) in [7, 11) is 0. The van der Waals surface area contributed by atoms with Crippen molar-refractivity contribution in [3.8, 4) is 11.1 Å². The zero-order chi connectivity index (χ0) is 20.5. The van der Waals surface area contributed by atoms with Crippen LogP contribution in [0.1, 0.15) is 28.5 Å². The Hall–Kier alpha value is -3.11. The van der Waals surface area contributed by atoms with Crippen molar-refractivity contribution in [1.82, 2.24) is 4.90 Å². The van der Waals surface area contributed by atoms with Gasteiger partial charge in [-0.25, -0.2) is 4.79 Å². The second-order valence-electron chi connectivity index (χ2n) is 8.17. The van der Waals surface area contributed by atoms with Gasteiger partial charge in [0.1, 0.15) is 6.61 Å². The number of carbonyl (C=O) groups is 1. The first-order valence-corrected chi connectivity index (χ1v) is 10.5. The summed E-state index contributed by atoms with van der Waals surface area (Å²) in [5.41, 5.74) is 6.02. The molecule has 0 saturated carbocycles. The number of ether oxygens (including phenoxy) is 1. The predicted octanol–water partition coefficient (Wildman–Crippen LogP) is 4.64. The second kappa shape index (κ2) is 7.96. The molecule has 2 atom stereocenters. The highest BCUT2D eigenvalue weighted by molar-refractivity contribution is 5.79. The Morgan fingerprint density at radius 3 is 2.10 bits per heavy atom. The van der Waals surface area contributed by atoms with Crippen molar-refractivity contribution in [2.45, 2.75) is 11.8 Å². The van der Waals surface area contributed by atoms with Crippen LogP contribution in [0.2, 0.25) is 0 Å². The number of hydrogen-bond acceptors (Lipinski definition) is 3. The molecule has 4 nitrogen and oxygen atoms in total. The van der Waals surface area contributed by atoms with Crippen LogP contribution in [0.25, 0.3) is 11.1 Å². The van der Waals surface area contributed by atoms with Gasteiger partial charge >= 0.3 is 6.09 Å². The molecule has 0 spiro atoms. The molecule has 3 aromatic carbocycles. The van der Waals surface area contributed by atoms with Crippen LogP contribution in [0.4, 0.5) is 4.79 Å². The first-order valence-electron chi connectivity index (χ1n) is 10.5. The molecule has 1 aliphatic carbocycles. The summed E-state index contributed by atoms with van der Waals surface area (Å²) in [5, 5.41) is 9.84. The Morgan fingerprint density at radius 2 is 1.47 bits per heavy atom. The van der Waals surface area contributed by atoms with Crippen LogP contribution < -0.4 is 0 Å². The standard InChI is InChI=1S/C26H25NO3/c28-16-19-14-27(15-24(19)18-8-2-1-3-9-18)26(29)30-17-25-22-12-6-4-10-20(22)21-11-5-7-13-23(21)25/h1-13,19,24-25,28H,14-17H2/t19-,24-/m0/s1. The smallest absolute Gasteiger partial charge is 0.409 e. The number of rotatable bonds is 4. The Kier molecular flexibility index (Phi) is 5.01. The van der Waals surface area contributed by atoms with Crippen LogP contribution in [-0.4, -0.2) is 42.4 Å². The van der Waals surface area contributed by atoms with Gasteiger partial charge in [0.25, 0.3) is 0 Å². The van der Waals surface area contributed by atoms with E-state index in [-0.39, 0.29) is 30.5 Å². The van der Waals surface area contributed by atoms with Crippen molar-refractivity contribution in [2.24, 2.45) is 5.92 Å². The maximum atomic E-state index is 12.9. The fraction of sp³-hybridized carbons (Fsp3) is 0.269. The molecule has 0 unspecified atom stereocenters. The van der Waals surface area contributed by atoms with Crippen molar-refractivity contribution in [3.63, 3.8) is 0 Å². The fourth-order valence-electron chi connectivity index (χ4n) is 4.97. The van der Waals surface area contributed by atoms with E-state index < -0.39 is 0 Å². The van der Waals surface area contributed by atoms with Crippen molar-refractivity contribution in [2.75, 3.05) is 26.3 Å². The van der Waals surface area contributed by atoms with Crippen molar-refractivity contribution in [3.05, 3.63) is 95.6 Å². The van der Waals surface area contributed by atoms with E-state index in [0.29, 0.717) is 19.7 Å². The predicted molar refractivity (Wildman–Crippen MR) is 116 cm³/mol. The molecule has 5 rings (SSSR count). The number of benzene rings is 3. The van der Waals surface area contributed by atoms with Crippen molar-refractivity contribution in [1.29, 1.82) is 0 Å². The number of carbonyl (C=O) groups excluding carboxylic acids is 1. The Morgan fingerprint density at radius 1 is 0.867 bits per heavy atom. The highest BCUT2D eigenvalue weighted by Crippen LogP contribution is 2.44. The first kappa shape index (κ1) is 18.9. The van der Waals surface area contributed by atoms with Gasteiger partial charge in [0, 0.05) is 37.5 Å². The van der Waals surface area contributed by atoms with Crippen LogP contribution in [0.15, 0.2) is 78.9 Å². The van der Waals surface area contributed by atoms with Gasteiger partial charge in [-0.15, -0.1) is 0 Å². The lowest BCUT2D eigenvalue weighted by Gasteiger charge is -2.19. The van der Waals surface area contributed by atoms with Crippen LogP contribution in [0.5, 0.6) is 0 Å². The summed E-state index contributed by atoms with van der Waals surface area (Å²) < 4.78 is 5.81. The van der Waals surface area contributed by atoms with Gasteiger partial charge in [0.15, 0.2) is 0 Å². The van der Waals surface area contributed by atoms with E-state index in [9.17, 15) is 9.90 Å². The molecule has 3 aromatic rings. The van der Waals surface area contributed by atoms with Gasteiger partial charge in [0.05, 0.1) is 0 Å². The number of likely N-dealkylation sites (tertiary alicyclic amines) is 1. The minimum Gasteiger partial charge on any atom is -0.448 e. The van der Waals surface area contributed by atoms with E-state index in [1.807, 2.05) is 42.5 Å². The Labute approximate surface area is 176 Å². The summed E-state index contributed by atoms with van der Waals surface area (Å²) in [5.74, 6) is 0.229. The zero-order valence-corrected chi connectivity index (χ0v) is 16.8. The summed E-state index contributed by atoms with van der Waals surface area (Å²) in [6.07, 6.45) is -0.297. The van der Waals surface area contributed by atoms with Crippen LogP contribution in [0, 0.1) is 5.92 Å². The zero-order valence-electron chi connectivity index (χ0n) is 16.8. The van der Waals surface area contributed by atoms with Gasteiger partial charge in [-0.05, 0) is 27.8 Å². The van der Waals surface area contributed by atoms with Crippen LogP contribution in [0.3, 0.4) is 0 Å². The average molecular weight is 399 g/mol. The van der Waals surface area contributed by atoms with Crippen molar-refractivity contribution >= 4 is 6.09 Å². The molecular weight excluding hydrogens is 374 g/mol. The van der Waals surface area contributed by atoms with E-state index >= 15 is 0 Å². The summed E-state index contributed by atoms with van der Waals surface area (Å²) in [6.45, 7) is 1.48. The molecule has 1 fully saturated rings. The molecule has 1 N–H and O–H groups in total. The number of nitrogens with zero attached hydrogens (tertiary/aromatic N) is 1. The third-order valence-electron chi connectivity index (χ3n) is 6.50. The minimum absolute atomic E-state index is 0.0351. The SMILES string of the molecule is O=C(OCC1c2ccccc2-c2ccccc21)N1C[C@@H](CO)[C@H](c2ccccc2)C1. The number of aliphatic hydroxyl groups excluding tert-OH is 1. The molecular formula is C26H25NO3. The van der Waals surface area contributed by atoms with Crippen LogP contribution in [-0.2, 0) is 4.74 Å². The lowest BCUT2D eigenvalue weighted by Crippen LogP contribution is -2.31. The molecule has 0 aromatic heterocycles. The van der Waals surface area contributed by atoms with E-state index in [0.717, 1.165) is 5.56 Å². The summed E-state index contributed by atoms with van der Waals surface area (Å²) >= 11 is 0. The summed E-state index contributed by atoms with van der Waals surface area (Å²) in [6, 6.07) is 26.8. The fourth-order valence-corrected chi connectivity index (χ4v) is 4.97. The monoisotopic (exact) mass is 399 g/mol. The normalized spacial score (nSPS) is 20.1. The first-order chi connectivity index (χ1) is 14.8. The topological polar surface area (TPSA) is 49.8 Å². The highest BCUT2D eigenvalue weighted by Gasteiger charge is 2.37. The third-order valence-corrected chi connectivity index (χ3v) is 6.50. The molecule has 1 saturated heterocycles. The molecule has 4 heteroatoms. The second-order valence-corrected chi connectivity index (χ2v) is 8.17. The molecule has 30 heavy (non-hydrogen) atoms. The van der Waals surface area contributed by atoms with Gasteiger partial charge in [-0.1, -0.05) is 78.9 Å². The quantitative estimate of drug-likeness (QED) is 0.695. The van der Waals surface area contributed by atoms with E-state index in [2.05, 4.69) is 36.4 Å². The molecule has 2 aliphatic rings. The molecule has 1 heterocycles. The Balaban J connectivity index is 1.30. The molecule has 0 bridgehead atoms. The van der Waals surface area contributed by atoms with Gasteiger partial charge in [-0.2, -0.15) is 0 Å². The largest absolute Gasteiger partial charge is 0.448 e. The van der Waals surface area contributed by atoms with E-state index in [1.165, 1.54) is 22.3 Å². The molecule has 1 aliphatic heterocycles. The highest BCUT2D eigenvalue weighted by atomic mass is 16.6. The maximum Gasteiger partial charge on any atom is 0.409 e. The van der Waals surface area contributed by atoms with E-state index in [1.54, 1.807) is 4.90 Å². The third kappa shape index (κ3) is 3.27. The van der Waals surface area contributed by atoms with Gasteiger partial charge < -0.3 is 14.7 Å². The maximum absolute atomic E-state index is 12.9. The number of aliphatic hydroxyl groups is 1. The van der Waals surface area contributed by atoms with Gasteiger partial charge in [0.2, 0.25) is 0 Å². The molecule has 0 radical (unpaired) electrons. The lowest BCUT2D eigenvalue weighted by atomic mass is 9.90. The van der Waals surface area contributed by atoms with Crippen LogP contribution >= 0.6 is 0 Å². The molecule has 152 valence electrons. The number of amides is 1.